The molecule has 0 aliphatic rings. The lowest BCUT2D eigenvalue weighted by molar-refractivity contribution is -0.858. The summed E-state index contributed by atoms with van der Waals surface area (Å²) >= 11 is 5.32. The van der Waals surface area contributed by atoms with Crippen molar-refractivity contribution in [3.8, 4) is 5.75 Å². The van der Waals surface area contributed by atoms with Crippen molar-refractivity contribution >= 4 is 33.8 Å². The summed E-state index contributed by atoms with van der Waals surface area (Å²) in [7, 11) is 4.28. The molecule has 0 saturated heterocycles. The number of nitrogens with one attached hydrogen (secondary N) is 3. The van der Waals surface area contributed by atoms with Crippen molar-refractivity contribution in [3.63, 3.8) is 0 Å². The van der Waals surface area contributed by atoms with Crippen LogP contribution in [0.15, 0.2) is 36.4 Å². The molecule has 2 aromatic rings. The van der Waals surface area contributed by atoms with Gasteiger partial charge in [-0.15, -0.1) is 0 Å². The fourth-order valence-corrected chi connectivity index (χ4v) is 2.42. The van der Waals surface area contributed by atoms with Crippen LogP contribution >= 0.6 is 12.2 Å². The van der Waals surface area contributed by atoms with E-state index in [1.807, 2.05) is 30.3 Å². The van der Waals surface area contributed by atoms with Gasteiger partial charge in [-0.25, -0.2) is 0 Å². The van der Waals surface area contributed by atoms with E-state index in [9.17, 15) is 5.11 Å². The monoisotopic (exact) mass is 304 g/mol. The molecule has 5 heteroatoms. The highest BCUT2D eigenvalue weighted by Gasteiger charge is 2.05. The zero-order chi connectivity index (χ0) is 15.2. The topological polar surface area (TPSA) is 48.7 Å². The van der Waals surface area contributed by atoms with E-state index in [-0.39, 0.29) is 5.75 Å². The highest BCUT2D eigenvalue weighted by molar-refractivity contribution is 7.80. The number of hydrogen-bond donors (Lipinski definition) is 4. The van der Waals surface area contributed by atoms with Gasteiger partial charge < -0.3 is 20.6 Å². The Morgan fingerprint density at radius 1 is 1.14 bits per heavy atom. The Morgan fingerprint density at radius 2 is 1.86 bits per heavy atom. The summed E-state index contributed by atoms with van der Waals surface area (Å²) < 4.78 is 0. The molecule has 2 aromatic carbocycles. The predicted octanol–water partition coefficient (Wildman–Crippen LogP) is 1.37. The average Bonchev–Trinajstić information content (AvgIpc) is 2.45. The van der Waals surface area contributed by atoms with Crippen LogP contribution in [0.4, 0.5) is 5.69 Å². The van der Waals surface area contributed by atoms with E-state index in [0.717, 1.165) is 36.0 Å². The molecule has 0 spiro atoms. The third-order valence-corrected chi connectivity index (χ3v) is 3.53. The van der Waals surface area contributed by atoms with Gasteiger partial charge in [0.15, 0.2) is 5.11 Å². The van der Waals surface area contributed by atoms with Crippen LogP contribution in [0.2, 0.25) is 0 Å². The first-order valence-corrected chi connectivity index (χ1v) is 7.53. The number of phenolic OH excluding ortho intramolecular Hbond substituents is 1. The maximum atomic E-state index is 9.88. The van der Waals surface area contributed by atoms with Gasteiger partial charge in [-0.1, -0.05) is 24.3 Å². The maximum absolute atomic E-state index is 9.88. The molecule has 0 atom stereocenters. The van der Waals surface area contributed by atoms with Gasteiger partial charge in [0.2, 0.25) is 0 Å². The minimum Gasteiger partial charge on any atom is -0.507 e. The van der Waals surface area contributed by atoms with E-state index in [1.54, 1.807) is 6.07 Å². The summed E-state index contributed by atoms with van der Waals surface area (Å²) in [5, 5.41) is 18.7. The highest BCUT2D eigenvalue weighted by atomic mass is 32.1. The van der Waals surface area contributed by atoms with Gasteiger partial charge in [0.25, 0.3) is 0 Å². The van der Waals surface area contributed by atoms with E-state index in [1.165, 1.54) is 4.90 Å². The molecule has 0 heterocycles. The first kappa shape index (κ1) is 15.5. The Balaban J connectivity index is 2.00. The van der Waals surface area contributed by atoms with Crippen LogP contribution in [0, 0.1) is 0 Å². The molecule has 4 nitrogen and oxygen atoms in total. The molecule has 112 valence electrons. The fraction of sp³-hybridized carbons (Fsp3) is 0.312. The second-order valence-electron chi connectivity index (χ2n) is 5.37. The van der Waals surface area contributed by atoms with Gasteiger partial charge in [-0.2, -0.15) is 0 Å². The van der Waals surface area contributed by atoms with Crippen LogP contribution in [-0.4, -0.2) is 37.4 Å². The smallest absolute Gasteiger partial charge is 0.170 e. The molecule has 0 aromatic heterocycles. The van der Waals surface area contributed by atoms with Crippen LogP contribution in [-0.2, 0) is 0 Å². The Bertz CT molecular complexity index is 628. The van der Waals surface area contributed by atoms with Crippen LogP contribution in [0.3, 0.4) is 0 Å². The lowest BCUT2D eigenvalue weighted by atomic mass is 10.1. The van der Waals surface area contributed by atoms with Crippen molar-refractivity contribution in [2.45, 2.75) is 6.42 Å². The number of hydrogen-bond acceptors (Lipinski definition) is 2. The summed E-state index contributed by atoms with van der Waals surface area (Å²) in [6.45, 7) is 1.96. The third kappa shape index (κ3) is 4.31. The number of thiocarbonyl (C=S) groups is 1. The van der Waals surface area contributed by atoms with Gasteiger partial charge in [-0.3, -0.25) is 0 Å². The summed E-state index contributed by atoms with van der Waals surface area (Å²) in [4.78, 5) is 1.43. The quantitative estimate of drug-likeness (QED) is 0.498. The van der Waals surface area contributed by atoms with Crippen molar-refractivity contribution in [2.24, 2.45) is 0 Å². The average molecular weight is 304 g/mol. The Kier molecular flexibility index (Phi) is 5.36. The molecule has 0 fully saturated rings. The maximum Gasteiger partial charge on any atom is 0.170 e. The number of phenols is 1. The first-order valence-electron chi connectivity index (χ1n) is 7.12. The van der Waals surface area contributed by atoms with Gasteiger partial charge in [-0.05, 0) is 24.4 Å². The van der Waals surface area contributed by atoms with Gasteiger partial charge in [0, 0.05) is 29.4 Å². The zero-order valence-corrected chi connectivity index (χ0v) is 13.3. The summed E-state index contributed by atoms with van der Waals surface area (Å²) in [6.07, 6.45) is 1.07. The molecule has 0 bridgehead atoms. The van der Waals surface area contributed by atoms with Crippen molar-refractivity contribution in [1.29, 1.82) is 0 Å². The molecule has 2 rings (SSSR count). The largest absolute Gasteiger partial charge is 0.507 e. The van der Waals surface area contributed by atoms with Crippen LogP contribution < -0.4 is 15.5 Å². The summed E-state index contributed by atoms with van der Waals surface area (Å²) in [5.74, 6) is 0.281. The predicted molar refractivity (Wildman–Crippen MR) is 92.1 cm³/mol. The molecule has 0 radical (unpaired) electrons. The minimum atomic E-state index is 0.281. The number of quaternary nitrogens is 1. The number of aromatic hydroxyl groups is 1. The standard InChI is InChI=1S/C16H21N3OS/c1-19(2)11-5-10-17-16(21)18-14-8-3-7-13-12(14)6-4-9-15(13)20/h3-4,6-9,20H,5,10-11H2,1-2H3,(H2,17,18,21)/p+1. The van der Waals surface area contributed by atoms with Crippen molar-refractivity contribution < 1.29 is 10.0 Å². The first-order chi connectivity index (χ1) is 10.1. The second kappa shape index (κ2) is 7.24. The van der Waals surface area contributed by atoms with Crippen LogP contribution in [0.5, 0.6) is 5.75 Å². The molecule has 0 saturated carbocycles. The van der Waals surface area contributed by atoms with Crippen molar-refractivity contribution in [2.75, 3.05) is 32.5 Å². The molecule has 4 N–H and O–H groups in total. The molecule has 0 aliphatic heterocycles. The highest BCUT2D eigenvalue weighted by Crippen LogP contribution is 2.29. The fourth-order valence-electron chi connectivity index (χ4n) is 2.21. The molecule has 0 amide bonds. The lowest BCUT2D eigenvalue weighted by Gasteiger charge is -2.13. The van der Waals surface area contributed by atoms with E-state index in [0.29, 0.717) is 5.11 Å². The third-order valence-electron chi connectivity index (χ3n) is 3.29. The van der Waals surface area contributed by atoms with E-state index >= 15 is 0 Å². The number of fused-ring (bicyclic) bond motifs is 1. The SMILES string of the molecule is C[NH+](C)CCCNC(=S)Nc1cccc2c(O)cccc12. The Hall–Kier alpha value is -1.85. The van der Waals surface area contributed by atoms with Crippen LogP contribution in [0.25, 0.3) is 10.8 Å². The molecular formula is C16H22N3OS+. The molecule has 0 unspecified atom stereocenters. The van der Waals surface area contributed by atoms with Gasteiger partial charge in [0.1, 0.15) is 5.75 Å². The Morgan fingerprint density at radius 3 is 2.62 bits per heavy atom. The zero-order valence-electron chi connectivity index (χ0n) is 12.4. The molecule has 21 heavy (non-hydrogen) atoms. The second-order valence-corrected chi connectivity index (χ2v) is 5.78. The lowest BCUT2D eigenvalue weighted by Crippen LogP contribution is -3.05. The normalized spacial score (nSPS) is 10.8. The summed E-state index contributed by atoms with van der Waals surface area (Å²) in [6, 6.07) is 11.2. The van der Waals surface area contributed by atoms with E-state index in [4.69, 9.17) is 12.2 Å². The van der Waals surface area contributed by atoms with Gasteiger partial charge >= 0.3 is 0 Å². The Labute approximate surface area is 130 Å². The molecule has 0 aliphatic carbocycles. The molecular weight excluding hydrogens is 282 g/mol. The van der Waals surface area contributed by atoms with Crippen LogP contribution in [0.1, 0.15) is 6.42 Å². The number of anilines is 1. The number of benzene rings is 2. The number of rotatable bonds is 5. The van der Waals surface area contributed by atoms with Crippen molar-refractivity contribution in [3.05, 3.63) is 36.4 Å². The van der Waals surface area contributed by atoms with Gasteiger partial charge in [0.05, 0.1) is 20.6 Å². The van der Waals surface area contributed by atoms with Crippen molar-refractivity contribution in [1.82, 2.24) is 5.32 Å². The van der Waals surface area contributed by atoms with E-state index < -0.39 is 0 Å². The summed E-state index contributed by atoms with van der Waals surface area (Å²) in [5.41, 5.74) is 0.902. The minimum absolute atomic E-state index is 0.281. The van der Waals surface area contributed by atoms with E-state index in [2.05, 4.69) is 24.7 Å².